The highest BCUT2D eigenvalue weighted by Gasteiger charge is 2.42. The Bertz CT molecular complexity index is 2150. The van der Waals surface area contributed by atoms with Crippen molar-refractivity contribution in [3.8, 4) is 22.5 Å². The average molecular weight is 689 g/mol. The molecule has 0 saturated carbocycles. The van der Waals surface area contributed by atoms with Crippen LogP contribution in [0.1, 0.15) is 64.0 Å². The van der Waals surface area contributed by atoms with Crippen LogP contribution in [0.3, 0.4) is 0 Å². The van der Waals surface area contributed by atoms with Gasteiger partial charge in [0.2, 0.25) is 0 Å². The van der Waals surface area contributed by atoms with E-state index in [1.165, 1.54) is 0 Å². The Morgan fingerprint density at radius 3 is 1.87 bits per heavy atom. The van der Waals surface area contributed by atoms with Crippen LogP contribution in [0.15, 0.2) is 140 Å². The number of esters is 1. The molecule has 2 heterocycles. The second kappa shape index (κ2) is 15.4. The second-order valence-corrected chi connectivity index (χ2v) is 12.7. The quantitative estimate of drug-likeness (QED) is 0.0974. The summed E-state index contributed by atoms with van der Waals surface area (Å²) in [4.78, 5) is 17.6. The van der Waals surface area contributed by atoms with Crippen LogP contribution in [0.25, 0.3) is 22.5 Å². The highest BCUT2D eigenvalue weighted by atomic mass is 16.5. The molecule has 0 amide bonds. The zero-order chi connectivity index (χ0) is 35.9. The first kappa shape index (κ1) is 34.3. The van der Waals surface area contributed by atoms with Gasteiger partial charge >= 0.3 is 5.97 Å². The highest BCUT2D eigenvalue weighted by Crippen LogP contribution is 2.43. The number of unbranched alkanes of at least 4 members (excludes halogenated alkanes) is 1. The number of tetrazole rings is 1. The van der Waals surface area contributed by atoms with Gasteiger partial charge in [-0.2, -0.15) is 0 Å². The Kier molecular flexibility index (Phi) is 10.1. The maximum Gasteiger partial charge on any atom is 0.359 e. The standard InChI is InChI=1S/C43H40N6O3/c1-3-4-24-39-44-40(38(29-50)48(39)2)42(51)52-30-31-25-27-32(28-26-31)36-22-14-15-23-37(36)41-45-46-47-49(41)43(33-16-8-5-9-17-33,34-18-10-6-11-19-34)35-20-12-7-13-21-35/h5-23,25-28,50H,3-4,24,29-30H2,1-2H3. The molecular formula is C43H40N6O3. The van der Waals surface area contributed by atoms with E-state index in [1.807, 2.05) is 109 Å². The van der Waals surface area contributed by atoms with Crippen molar-refractivity contribution >= 4 is 5.97 Å². The molecule has 7 rings (SSSR count). The molecule has 7 aromatic rings. The predicted octanol–water partition coefficient (Wildman–Crippen LogP) is 7.77. The summed E-state index contributed by atoms with van der Waals surface area (Å²) >= 11 is 0. The van der Waals surface area contributed by atoms with Gasteiger partial charge in [0, 0.05) is 19.0 Å². The molecule has 0 unspecified atom stereocenters. The summed E-state index contributed by atoms with van der Waals surface area (Å²) in [7, 11) is 1.82. The lowest BCUT2D eigenvalue weighted by Gasteiger charge is -2.36. The van der Waals surface area contributed by atoms with Crippen LogP contribution in [0.4, 0.5) is 0 Å². The zero-order valence-corrected chi connectivity index (χ0v) is 29.3. The number of aryl methyl sites for hydroxylation is 1. The van der Waals surface area contributed by atoms with Gasteiger partial charge in [0.1, 0.15) is 18.0 Å². The van der Waals surface area contributed by atoms with Crippen LogP contribution < -0.4 is 0 Å². The van der Waals surface area contributed by atoms with E-state index in [0.29, 0.717) is 11.5 Å². The molecule has 0 aliphatic rings. The SMILES string of the molecule is CCCCc1nc(C(=O)OCc2ccc(-c3ccccc3-c3nnnn3C(c3ccccc3)(c3ccccc3)c3ccccc3)cc2)c(CO)n1C. The molecule has 0 fully saturated rings. The minimum atomic E-state index is -0.885. The van der Waals surface area contributed by atoms with E-state index in [4.69, 9.17) is 9.95 Å². The van der Waals surface area contributed by atoms with Crippen molar-refractivity contribution < 1.29 is 14.6 Å². The van der Waals surface area contributed by atoms with Gasteiger partial charge in [-0.15, -0.1) is 5.10 Å². The van der Waals surface area contributed by atoms with Crippen LogP contribution >= 0.6 is 0 Å². The molecule has 260 valence electrons. The van der Waals surface area contributed by atoms with Gasteiger partial charge in [-0.1, -0.05) is 153 Å². The molecule has 0 radical (unpaired) electrons. The van der Waals surface area contributed by atoms with E-state index < -0.39 is 11.5 Å². The summed E-state index contributed by atoms with van der Waals surface area (Å²) < 4.78 is 9.41. The molecule has 0 aliphatic carbocycles. The summed E-state index contributed by atoms with van der Waals surface area (Å²) in [5, 5.41) is 23.6. The van der Waals surface area contributed by atoms with E-state index in [2.05, 4.69) is 64.7 Å². The van der Waals surface area contributed by atoms with E-state index >= 15 is 0 Å². The number of ether oxygens (including phenoxy) is 1. The molecule has 5 aromatic carbocycles. The molecule has 0 aliphatic heterocycles. The number of aliphatic hydroxyl groups excluding tert-OH is 1. The van der Waals surface area contributed by atoms with Crippen molar-refractivity contribution in [2.75, 3.05) is 0 Å². The zero-order valence-electron chi connectivity index (χ0n) is 29.3. The second-order valence-electron chi connectivity index (χ2n) is 12.7. The molecule has 2 aromatic heterocycles. The van der Waals surface area contributed by atoms with Gasteiger partial charge in [0.25, 0.3) is 0 Å². The molecule has 9 nitrogen and oxygen atoms in total. The number of nitrogens with zero attached hydrogens (tertiary/aromatic N) is 6. The smallest absolute Gasteiger partial charge is 0.359 e. The normalized spacial score (nSPS) is 11.4. The molecule has 0 atom stereocenters. The molecule has 0 saturated heterocycles. The summed E-state index contributed by atoms with van der Waals surface area (Å²) in [6.45, 7) is 1.88. The molecule has 1 N–H and O–H groups in total. The minimum absolute atomic E-state index is 0.0679. The summed E-state index contributed by atoms with van der Waals surface area (Å²) in [6, 6.07) is 47.0. The van der Waals surface area contributed by atoms with Gasteiger partial charge in [-0.05, 0) is 50.2 Å². The Labute approximate surface area is 303 Å². The van der Waals surface area contributed by atoms with Crippen molar-refractivity contribution in [1.82, 2.24) is 29.8 Å². The van der Waals surface area contributed by atoms with Crippen LogP contribution in [-0.2, 0) is 37.0 Å². The molecule has 52 heavy (non-hydrogen) atoms. The third kappa shape index (κ3) is 6.42. The van der Waals surface area contributed by atoms with E-state index in [9.17, 15) is 9.90 Å². The van der Waals surface area contributed by atoms with Crippen molar-refractivity contribution in [2.45, 2.75) is 44.9 Å². The number of carbonyl (C=O) groups excluding carboxylic acids is 1. The molecule has 0 spiro atoms. The van der Waals surface area contributed by atoms with Crippen LogP contribution in [0.5, 0.6) is 0 Å². The average Bonchev–Trinajstić information content (AvgIpc) is 3.82. The lowest BCUT2D eigenvalue weighted by molar-refractivity contribution is 0.0462. The number of imidazole rings is 1. The Hall–Kier alpha value is -6.19. The van der Waals surface area contributed by atoms with E-state index in [1.54, 1.807) is 4.57 Å². The van der Waals surface area contributed by atoms with Gasteiger partial charge in [0.05, 0.1) is 12.3 Å². The number of hydrogen-bond acceptors (Lipinski definition) is 7. The third-order valence-corrected chi connectivity index (χ3v) is 9.57. The number of carbonyl (C=O) groups is 1. The van der Waals surface area contributed by atoms with Gasteiger partial charge in [-0.25, -0.2) is 14.5 Å². The van der Waals surface area contributed by atoms with Crippen molar-refractivity contribution in [3.63, 3.8) is 0 Å². The topological polar surface area (TPSA) is 108 Å². The largest absolute Gasteiger partial charge is 0.456 e. The van der Waals surface area contributed by atoms with Crippen LogP contribution in [0.2, 0.25) is 0 Å². The van der Waals surface area contributed by atoms with E-state index in [-0.39, 0.29) is 18.9 Å². The van der Waals surface area contributed by atoms with Crippen LogP contribution in [-0.4, -0.2) is 40.8 Å². The number of rotatable bonds is 13. The fourth-order valence-electron chi connectivity index (χ4n) is 6.90. The number of hydrogen-bond donors (Lipinski definition) is 1. The lowest BCUT2D eigenvalue weighted by atomic mass is 9.77. The molecular weight excluding hydrogens is 649 g/mol. The summed E-state index contributed by atoms with van der Waals surface area (Å²) in [6.07, 6.45) is 2.69. The van der Waals surface area contributed by atoms with Crippen molar-refractivity contribution in [3.05, 3.63) is 179 Å². The maximum atomic E-state index is 13.1. The first-order valence-electron chi connectivity index (χ1n) is 17.5. The Morgan fingerprint density at radius 2 is 1.31 bits per heavy atom. The van der Waals surface area contributed by atoms with Crippen molar-refractivity contribution in [2.24, 2.45) is 7.05 Å². The fourth-order valence-corrected chi connectivity index (χ4v) is 6.90. The van der Waals surface area contributed by atoms with Gasteiger partial charge in [-0.3, -0.25) is 0 Å². The van der Waals surface area contributed by atoms with Crippen molar-refractivity contribution in [1.29, 1.82) is 0 Å². The summed E-state index contributed by atoms with van der Waals surface area (Å²) in [5.74, 6) is 0.821. The first-order valence-corrected chi connectivity index (χ1v) is 17.5. The van der Waals surface area contributed by atoms with Gasteiger partial charge < -0.3 is 14.4 Å². The van der Waals surface area contributed by atoms with E-state index in [0.717, 1.165) is 64.0 Å². The number of aliphatic hydroxyl groups is 1. The third-order valence-electron chi connectivity index (χ3n) is 9.57. The highest BCUT2D eigenvalue weighted by molar-refractivity contribution is 5.88. The Morgan fingerprint density at radius 1 is 0.750 bits per heavy atom. The first-order chi connectivity index (χ1) is 25.6. The predicted molar refractivity (Wildman–Crippen MR) is 200 cm³/mol. The Balaban J connectivity index is 1.23. The molecule has 9 heteroatoms. The maximum absolute atomic E-state index is 13.1. The fraction of sp³-hybridized carbons (Fsp3) is 0.186. The lowest BCUT2D eigenvalue weighted by Crippen LogP contribution is -2.39. The summed E-state index contributed by atoms with van der Waals surface area (Å²) in [5.41, 5.74) is 6.39. The monoisotopic (exact) mass is 688 g/mol. The minimum Gasteiger partial charge on any atom is -0.456 e. The number of aromatic nitrogens is 6. The number of benzene rings is 5. The van der Waals surface area contributed by atoms with Gasteiger partial charge in [0.15, 0.2) is 11.5 Å². The van der Waals surface area contributed by atoms with Crippen LogP contribution in [0, 0.1) is 0 Å². The molecule has 0 bridgehead atoms.